The van der Waals surface area contributed by atoms with E-state index in [0.717, 1.165) is 22.6 Å². The van der Waals surface area contributed by atoms with Crippen LogP contribution in [0.1, 0.15) is 26.4 Å². The van der Waals surface area contributed by atoms with Gasteiger partial charge in [-0.25, -0.2) is 0 Å². The zero-order valence-corrected chi connectivity index (χ0v) is 23.1. The molecule has 1 aromatic heterocycles. The molecule has 0 radical (unpaired) electrons. The van der Waals surface area contributed by atoms with Crippen molar-refractivity contribution >= 4 is 17.5 Å². The van der Waals surface area contributed by atoms with E-state index in [-0.39, 0.29) is 17.5 Å². The molecular formula is C31H30N4O6. The topological polar surface area (TPSA) is 107 Å². The van der Waals surface area contributed by atoms with Gasteiger partial charge in [0.2, 0.25) is 0 Å². The average molecular weight is 555 g/mol. The summed E-state index contributed by atoms with van der Waals surface area (Å²) in [5.74, 6) is 0.869. The Kier molecular flexibility index (Phi) is 7.73. The Morgan fingerprint density at radius 3 is 1.98 bits per heavy atom. The fraction of sp³-hybridized carbons (Fsp3) is 0.226. The maximum absolute atomic E-state index is 13.8. The molecule has 2 amide bonds. The fourth-order valence-corrected chi connectivity index (χ4v) is 5.13. The molecule has 0 bridgehead atoms. The SMILES string of the molecule is COc1ccc(-n2c(-c3ccccc3)cc(C(=O)N3CCN(C(=O)c4ccc([N+](=O)[O-])cc4)CC3)c2C)cc1OC. The minimum atomic E-state index is -0.498. The Morgan fingerprint density at radius 1 is 0.780 bits per heavy atom. The van der Waals surface area contributed by atoms with Crippen LogP contribution in [0.4, 0.5) is 5.69 Å². The maximum atomic E-state index is 13.8. The van der Waals surface area contributed by atoms with Crippen LogP contribution in [-0.2, 0) is 0 Å². The summed E-state index contributed by atoms with van der Waals surface area (Å²) in [6.45, 7) is 3.40. The number of carbonyl (C=O) groups excluding carboxylic acids is 2. The van der Waals surface area contributed by atoms with Crippen molar-refractivity contribution in [3.8, 4) is 28.4 Å². The molecule has 3 aromatic carbocycles. The van der Waals surface area contributed by atoms with Gasteiger partial charge in [0, 0.05) is 61.3 Å². The Hall–Kier alpha value is -5.12. The smallest absolute Gasteiger partial charge is 0.269 e. The zero-order chi connectivity index (χ0) is 29.1. The van der Waals surface area contributed by atoms with E-state index in [1.165, 1.54) is 24.3 Å². The first-order chi connectivity index (χ1) is 19.8. The number of carbonyl (C=O) groups is 2. The number of ether oxygens (including phenoxy) is 2. The summed E-state index contributed by atoms with van der Waals surface area (Å²) in [4.78, 5) is 40.6. The van der Waals surface area contributed by atoms with Crippen molar-refractivity contribution in [3.63, 3.8) is 0 Å². The van der Waals surface area contributed by atoms with Crippen molar-refractivity contribution in [2.45, 2.75) is 6.92 Å². The van der Waals surface area contributed by atoms with Gasteiger partial charge in [-0.1, -0.05) is 30.3 Å². The van der Waals surface area contributed by atoms with Crippen molar-refractivity contribution < 1.29 is 24.0 Å². The molecule has 10 nitrogen and oxygen atoms in total. The molecule has 1 aliphatic rings. The highest BCUT2D eigenvalue weighted by atomic mass is 16.6. The molecule has 210 valence electrons. The third-order valence-electron chi connectivity index (χ3n) is 7.35. The summed E-state index contributed by atoms with van der Waals surface area (Å²) in [6.07, 6.45) is 0. The molecule has 0 atom stereocenters. The van der Waals surface area contributed by atoms with E-state index >= 15 is 0 Å². The van der Waals surface area contributed by atoms with Crippen LogP contribution in [0.2, 0.25) is 0 Å². The molecule has 1 saturated heterocycles. The van der Waals surface area contributed by atoms with Gasteiger partial charge in [-0.2, -0.15) is 0 Å². The second-order valence-corrected chi connectivity index (χ2v) is 9.66. The minimum Gasteiger partial charge on any atom is -0.493 e. The van der Waals surface area contributed by atoms with Crippen molar-refractivity contribution in [1.82, 2.24) is 14.4 Å². The second-order valence-electron chi connectivity index (χ2n) is 9.66. The normalized spacial score (nSPS) is 13.1. The highest BCUT2D eigenvalue weighted by Gasteiger charge is 2.29. The van der Waals surface area contributed by atoms with Crippen LogP contribution in [0.5, 0.6) is 11.5 Å². The first-order valence-electron chi connectivity index (χ1n) is 13.2. The molecule has 10 heteroatoms. The first kappa shape index (κ1) is 27.4. The van der Waals surface area contributed by atoms with Crippen LogP contribution in [0, 0.1) is 17.0 Å². The molecule has 0 spiro atoms. The van der Waals surface area contributed by atoms with Crippen LogP contribution in [-0.4, -0.2) is 71.5 Å². The monoisotopic (exact) mass is 554 g/mol. The van der Waals surface area contributed by atoms with Crippen molar-refractivity contribution in [1.29, 1.82) is 0 Å². The highest BCUT2D eigenvalue weighted by molar-refractivity contribution is 5.98. The average Bonchev–Trinajstić information content (AvgIpc) is 3.37. The standard InChI is InChI=1S/C31H30N4O6/c1-21-26(31(37)33-17-15-32(16-18-33)30(36)23-9-11-24(12-10-23)35(38)39)20-27(22-7-5-4-6-8-22)34(21)25-13-14-28(40-2)29(19-25)41-3/h4-14,19-20H,15-18H2,1-3H3. The van der Waals surface area contributed by atoms with Crippen LogP contribution in [0.15, 0.2) is 78.9 Å². The lowest BCUT2D eigenvalue weighted by Gasteiger charge is -2.34. The van der Waals surface area contributed by atoms with Gasteiger partial charge in [0.1, 0.15) is 0 Å². The van der Waals surface area contributed by atoms with Gasteiger partial charge in [0.05, 0.1) is 30.4 Å². The van der Waals surface area contributed by atoms with Crippen molar-refractivity contribution in [3.05, 3.63) is 106 Å². The van der Waals surface area contributed by atoms with E-state index in [0.29, 0.717) is 48.8 Å². The van der Waals surface area contributed by atoms with Gasteiger partial charge in [-0.05, 0) is 42.8 Å². The molecule has 0 unspecified atom stereocenters. The minimum absolute atomic E-state index is 0.0674. The predicted molar refractivity (Wildman–Crippen MR) is 154 cm³/mol. The lowest BCUT2D eigenvalue weighted by molar-refractivity contribution is -0.384. The molecule has 0 N–H and O–H groups in total. The number of methoxy groups -OCH3 is 2. The summed E-state index contributed by atoms with van der Waals surface area (Å²) < 4.78 is 13.0. The first-order valence-corrected chi connectivity index (χ1v) is 13.2. The molecule has 0 aliphatic carbocycles. The van der Waals surface area contributed by atoms with Crippen LogP contribution >= 0.6 is 0 Å². The summed E-state index contributed by atoms with van der Waals surface area (Å²) in [7, 11) is 3.17. The molecule has 0 saturated carbocycles. The fourth-order valence-electron chi connectivity index (χ4n) is 5.13. The molecule has 41 heavy (non-hydrogen) atoms. The Morgan fingerprint density at radius 2 is 1.39 bits per heavy atom. The number of nitro benzene ring substituents is 1. The van der Waals surface area contributed by atoms with E-state index in [1.54, 1.807) is 24.0 Å². The van der Waals surface area contributed by atoms with E-state index in [1.807, 2.05) is 66.1 Å². The number of nitrogens with zero attached hydrogens (tertiary/aromatic N) is 4. The third kappa shape index (κ3) is 5.36. The Labute approximate surface area is 237 Å². The molecule has 2 heterocycles. The van der Waals surface area contributed by atoms with Gasteiger partial charge in [-0.3, -0.25) is 19.7 Å². The molecular weight excluding hydrogens is 524 g/mol. The van der Waals surface area contributed by atoms with Crippen LogP contribution in [0.25, 0.3) is 16.9 Å². The number of hydrogen-bond acceptors (Lipinski definition) is 6. The van der Waals surface area contributed by atoms with Gasteiger partial charge in [0.15, 0.2) is 11.5 Å². The zero-order valence-electron chi connectivity index (χ0n) is 23.1. The van der Waals surface area contributed by atoms with Gasteiger partial charge < -0.3 is 23.8 Å². The summed E-state index contributed by atoms with van der Waals surface area (Å²) in [5.41, 5.74) is 4.33. The quantitative estimate of drug-likeness (QED) is 0.236. The Balaban J connectivity index is 1.40. The summed E-state index contributed by atoms with van der Waals surface area (Å²) in [6, 6.07) is 23.0. The number of piperazine rings is 1. The Bertz CT molecular complexity index is 1590. The van der Waals surface area contributed by atoms with Crippen LogP contribution in [0.3, 0.4) is 0 Å². The van der Waals surface area contributed by atoms with E-state index in [2.05, 4.69) is 0 Å². The van der Waals surface area contributed by atoms with Gasteiger partial charge in [0.25, 0.3) is 17.5 Å². The lowest BCUT2D eigenvalue weighted by Crippen LogP contribution is -2.50. The number of aromatic nitrogens is 1. The molecule has 1 aliphatic heterocycles. The van der Waals surface area contributed by atoms with E-state index in [9.17, 15) is 19.7 Å². The third-order valence-corrected chi connectivity index (χ3v) is 7.35. The van der Waals surface area contributed by atoms with E-state index in [4.69, 9.17) is 9.47 Å². The number of non-ortho nitro benzene ring substituents is 1. The lowest BCUT2D eigenvalue weighted by atomic mass is 10.1. The number of nitro groups is 1. The number of rotatable bonds is 7. The molecule has 4 aromatic rings. The second kappa shape index (κ2) is 11.5. The molecule has 5 rings (SSSR count). The van der Waals surface area contributed by atoms with Gasteiger partial charge >= 0.3 is 0 Å². The van der Waals surface area contributed by atoms with Crippen molar-refractivity contribution in [2.75, 3.05) is 40.4 Å². The maximum Gasteiger partial charge on any atom is 0.269 e. The summed E-state index contributed by atoms with van der Waals surface area (Å²) in [5, 5.41) is 10.9. The molecule has 1 fully saturated rings. The largest absolute Gasteiger partial charge is 0.493 e. The van der Waals surface area contributed by atoms with Crippen LogP contribution < -0.4 is 9.47 Å². The van der Waals surface area contributed by atoms with E-state index < -0.39 is 4.92 Å². The number of hydrogen-bond donors (Lipinski definition) is 0. The number of benzene rings is 3. The van der Waals surface area contributed by atoms with Gasteiger partial charge in [-0.15, -0.1) is 0 Å². The highest BCUT2D eigenvalue weighted by Crippen LogP contribution is 2.35. The predicted octanol–water partition coefficient (Wildman–Crippen LogP) is 4.98. The summed E-state index contributed by atoms with van der Waals surface area (Å²) >= 11 is 0. The number of amides is 2. The van der Waals surface area contributed by atoms with Crippen molar-refractivity contribution in [2.24, 2.45) is 0 Å².